The summed E-state index contributed by atoms with van der Waals surface area (Å²) in [5, 5.41) is 3.19. The zero-order chi connectivity index (χ0) is 14.0. The lowest BCUT2D eigenvalue weighted by Gasteiger charge is -2.21. The molecule has 0 aliphatic carbocycles. The van der Waals surface area contributed by atoms with Crippen LogP contribution in [0.2, 0.25) is 0 Å². The summed E-state index contributed by atoms with van der Waals surface area (Å²) < 4.78 is 0. The van der Waals surface area contributed by atoms with Crippen molar-refractivity contribution in [1.82, 2.24) is 20.2 Å². The van der Waals surface area contributed by atoms with E-state index >= 15 is 0 Å². The Balaban J connectivity index is 1.96. The molecule has 2 aromatic heterocycles. The molecule has 0 saturated heterocycles. The summed E-state index contributed by atoms with van der Waals surface area (Å²) in [6.45, 7) is 3.79. The maximum absolute atomic E-state index is 4.41. The molecule has 2 rings (SSSR count). The first kappa shape index (κ1) is 14.6. The predicted octanol–water partition coefficient (Wildman–Crippen LogP) is 2.09. The molecule has 0 spiro atoms. The van der Waals surface area contributed by atoms with Crippen LogP contribution in [0.5, 0.6) is 0 Å². The second-order valence-corrected chi connectivity index (χ2v) is 4.81. The van der Waals surface area contributed by atoms with Gasteiger partial charge in [0.25, 0.3) is 0 Å². The molecule has 0 radical (unpaired) electrons. The molecule has 20 heavy (non-hydrogen) atoms. The fourth-order valence-electron chi connectivity index (χ4n) is 2.13. The Morgan fingerprint density at radius 3 is 2.00 bits per heavy atom. The summed E-state index contributed by atoms with van der Waals surface area (Å²) in [6, 6.07) is 12.1. The van der Waals surface area contributed by atoms with Crippen molar-refractivity contribution in [1.29, 1.82) is 0 Å². The van der Waals surface area contributed by atoms with Gasteiger partial charge in [-0.25, -0.2) is 0 Å². The van der Waals surface area contributed by atoms with Gasteiger partial charge in [0, 0.05) is 32.0 Å². The largest absolute Gasteiger partial charge is 0.320 e. The molecule has 0 unspecified atom stereocenters. The first-order valence-electron chi connectivity index (χ1n) is 7.05. The highest BCUT2D eigenvalue weighted by atomic mass is 15.1. The number of pyridine rings is 2. The van der Waals surface area contributed by atoms with Crippen molar-refractivity contribution >= 4 is 0 Å². The van der Waals surface area contributed by atoms with Crippen molar-refractivity contribution in [3.8, 4) is 0 Å². The average molecular weight is 270 g/mol. The first-order valence-corrected chi connectivity index (χ1v) is 7.05. The molecule has 0 atom stereocenters. The molecular formula is C16H22N4. The highest BCUT2D eigenvalue weighted by Crippen LogP contribution is 2.07. The fraction of sp³-hybridized carbons (Fsp3) is 0.375. The quantitative estimate of drug-likeness (QED) is 0.746. The van der Waals surface area contributed by atoms with Crippen molar-refractivity contribution in [3.05, 3.63) is 60.2 Å². The molecule has 0 aliphatic heterocycles. The van der Waals surface area contributed by atoms with E-state index in [1.807, 2.05) is 43.7 Å². The molecule has 2 aromatic rings. The third-order valence-corrected chi connectivity index (χ3v) is 3.12. The minimum atomic E-state index is 0.862. The van der Waals surface area contributed by atoms with Crippen LogP contribution in [0.3, 0.4) is 0 Å². The van der Waals surface area contributed by atoms with Gasteiger partial charge < -0.3 is 5.32 Å². The number of nitrogens with zero attached hydrogens (tertiary/aromatic N) is 3. The van der Waals surface area contributed by atoms with Crippen LogP contribution in [0.1, 0.15) is 17.8 Å². The third-order valence-electron chi connectivity index (χ3n) is 3.12. The summed E-state index contributed by atoms with van der Waals surface area (Å²) in [5.41, 5.74) is 2.21. The summed E-state index contributed by atoms with van der Waals surface area (Å²) >= 11 is 0. The SMILES string of the molecule is CNCCCN(Cc1ccccn1)Cc1ccccn1. The van der Waals surface area contributed by atoms with E-state index in [1.54, 1.807) is 0 Å². The molecule has 0 bridgehead atoms. The highest BCUT2D eigenvalue weighted by molar-refractivity contribution is 5.06. The van der Waals surface area contributed by atoms with E-state index < -0.39 is 0 Å². The summed E-state index contributed by atoms with van der Waals surface area (Å²) in [4.78, 5) is 11.2. The molecule has 0 fully saturated rings. The van der Waals surface area contributed by atoms with Crippen molar-refractivity contribution in [2.45, 2.75) is 19.5 Å². The van der Waals surface area contributed by atoms with Crippen molar-refractivity contribution in [2.75, 3.05) is 20.1 Å². The van der Waals surface area contributed by atoms with E-state index in [9.17, 15) is 0 Å². The van der Waals surface area contributed by atoms with Gasteiger partial charge in [0.1, 0.15) is 0 Å². The molecule has 106 valence electrons. The van der Waals surface area contributed by atoms with Crippen molar-refractivity contribution in [3.63, 3.8) is 0 Å². The van der Waals surface area contributed by atoms with Crippen LogP contribution in [-0.2, 0) is 13.1 Å². The number of hydrogen-bond donors (Lipinski definition) is 1. The summed E-state index contributed by atoms with van der Waals surface area (Å²) in [5.74, 6) is 0. The Kier molecular flexibility index (Phi) is 6.14. The molecule has 0 saturated carbocycles. The van der Waals surface area contributed by atoms with E-state index in [4.69, 9.17) is 0 Å². The second-order valence-electron chi connectivity index (χ2n) is 4.81. The van der Waals surface area contributed by atoms with E-state index in [1.165, 1.54) is 0 Å². The van der Waals surface area contributed by atoms with Gasteiger partial charge in [-0.05, 0) is 44.3 Å². The minimum absolute atomic E-state index is 0.862. The molecule has 2 heterocycles. The van der Waals surface area contributed by atoms with Gasteiger partial charge in [-0.2, -0.15) is 0 Å². The van der Waals surface area contributed by atoms with Crippen LogP contribution < -0.4 is 5.32 Å². The van der Waals surface area contributed by atoms with Crippen LogP contribution in [-0.4, -0.2) is 35.0 Å². The maximum atomic E-state index is 4.41. The highest BCUT2D eigenvalue weighted by Gasteiger charge is 2.08. The minimum Gasteiger partial charge on any atom is -0.320 e. The van der Waals surface area contributed by atoms with Crippen molar-refractivity contribution < 1.29 is 0 Å². The lowest BCUT2D eigenvalue weighted by atomic mass is 10.2. The molecule has 4 nitrogen and oxygen atoms in total. The van der Waals surface area contributed by atoms with Crippen LogP contribution in [0, 0.1) is 0 Å². The number of aromatic nitrogens is 2. The van der Waals surface area contributed by atoms with Gasteiger partial charge in [0.2, 0.25) is 0 Å². The normalized spacial score (nSPS) is 10.9. The summed E-state index contributed by atoms with van der Waals surface area (Å²) in [7, 11) is 1.99. The van der Waals surface area contributed by atoms with E-state index in [0.717, 1.165) is 44.0 Å². The topological polar surface area (TPSA) is 41.0 Å². The van der Waals surface area contributed by atoms with Gasteiger partial charge in [-0.1, -0.05) is 12.1 Å². The predicted molar refractivity (Wildman–Crippen MR) is 81.1 cm³/mol. The molecular weight excluding hydrogens is 248 g/mol. The average Bonchev–Trinajstić information content (AvgIpc) is 2.49. The molecule has 0 amide bonds. The van der Waals surface area contributed by atoms with E-state index in [0.29, 0.717) is 0 Å². The Hall–Kier alpha value is -1.78. The third kappa shape index (κ3) is 5.07. The van der Waals surface area contributed by atoms with Gasteiger partial charge in [-0.15, -0.1) is 0 Å². The maximum Gasteiger partial charge on any atom is 0.0544 e. The number of hydrogen-bond acceptors (Lipinski definition) is 4. The van der Waals surface area contributed by atoms with Gasteiger partial charge in [0.05, 0.1) is 11.4 Å². The number of rotatable bonds is 8. The zero-order valence-electron chi connectivity index (χ0n) is 12.0. The Morgan fingerprint density at radius 2 is 1.55 bits per heavy atom. The smallest absolute Gasteiger partial charge is 0.0544 e. The summed E-state index contributed by atoms with van der Waals surface area (Å²) in [6.07, 6.45) is 4.82. The van der Waals surface area contributed by atoms with Crippen LogP contribution >= 0.6 is 0 Å². The van der Waals surface area contributed by atoms with E-state index in [-0.39, 0.29) is 0 Å². The van der Waals surface area contributed by atoms with Gasteiger partial charge >= 0.3 is 0 Å². The Labute approximate surface area is 120 Å². The van der Waals surface area contributed by atoms with Crippen LogP contribution in [0.25, 0.3) is 0 Å². The Bertz CT molecular complexity index is 431. The standard InChI is InChI=1S/C16H22N4/c1-17-9-6-12-20(13-15-7-2-4-10-18-15)14-16-8-3-5-11-19-16/h2-5,7-8,10-11,17H,6,9,12-14H2,1H3. The van der Waals surface area contributed by atoms with Crippen LogP contribution in [0.15, 0.2) is 48.8 Å². The Morgan fingerprint density at radius 1 is 0.950 bits per heavy atom. The molecule has 4 heteroatoms. The first-order chi connectivity index (χ1) is 9.88. The lowest BCUT2D eigenvalue weighted by Crippen LogP contribution is -2.27. The monoisotopic (exact) mass is 270 g/mol. The molecule has 0 aliphatic rings. The second kappa shape index (κ2) is 8.40. The van der Waals surface area contributed by atoms with E-state index in [2.05, 4.69) is 32.3 Å². The molecule has 1 N–H and O–H groups in total. The fourth-order valence-corrected chi connectivity index (χ4v) is 2.13. The van der Waals surface area contributed by atoms with Crippen molar-refractivity contribution in [2.24, 2.45) is 0 Å². The van der Waals surface area contributed by atoms with Gasteiger partial charge in [0.15, 0.2) is 0 Å². The van der Waals surface area contributed by atoms with Gasteiger partial charge in [-0.3, -0.25) is 14.9 Å². The zero-order valence-corrected chi connectivity index (χ0v) is 12.0. The molecule has 0 aromatic carbocycles. The number of nitrogens with one attached hydrogen (secondary N) is 1. The lowest BCUT2D eigenvalue weighted by molar-refractivity contribution is 0.247. The van der Waals surface area contributed by atoms with Crippen LogP contribution in [0.4, 0.5) is 0 Å².